The van der Waals surface area contributed by atoms with Gasteiger partial charge in [0.1, 0.15) is 6.29 Å². The van der Waals surface area contributed by atoms with Crippen LogP contribution in [0.25, 0.3) is 0 Å². The van der Waals surface area contributed by atoms with Crippen molar-refractivity contribution >= 4 is 6.29 Å². The average molecular weight is 182 g/mol. The van der Waals surface area contributed by atoms with Crippen molar-refractivity contribution in [1.29, 1.82) is 0 Å². The molecule has 1 aliphatic carbocycles. The Kier molecular flexibility index (Phi) is 1.99. The molecule has 74 valence electrons. The average Bonchev–Trinajstić information content (AvgIpc) is 2.80. The molecule has 1 saturated carbocycles. The van der Waals surface area contributed by atoms with Gasteiger partial charge in [0.05, 0.1) is 11.0 Å². The molecule has 0 amide bonds. The lowest BCUT2D eigenvalue weighted by molar-refractivity contribution is -0.126. The van der Waals surface area contributed by atoms with Crippen LogP contribution in [0.2, 0.25) is 0 Å². The Balaban J connectivity index is 2.16. The van der Waals surface area contributed by atoms with Gasteiger partial charge in [-0.05, 0) is 32.6 Å². The maximum atomic E-state index is 11.2. The highest BCUT2D eigenvalue weighted by atomic mass is 16.5. The monoisotopic (exact) mass is 182 g/mol. The lowest BCUT2D eigenvalue weighted by Gasteiger charge is -2.35. The van der Waals surface area contributed by atoms with Crippen molar-refractivity contribution in [3.63, 3.8) is 0 Å². The van der Waals surface area contributed by atoms with E-state index in [1.807, 2.05) is 0 Å². The second-order valence-corrected chi connectivity index (χ2v) is 5.03. The Morgan fingerprint density at radius 3 is 2.54 bits per heavy atom. The van der Waals surface area contributed by atoms with Crippen molar-refractivity contribution in [2.45, 2.75) is 45.1 Å². The molecule has 2 heteroatoms. The first-order valence-electron chi connectivity index (χ1n) is 5.20. The standard InChI is InChI=1S/C11H18O2/c1-10(2)11(8-12,5-6-13-10)7-9-3-4-9/h8-9H,3-7H2,1-2H3. The van der Waals surface area contributed by atoms with E-state index in [2.05, 4.69) is 13.8 Å². The first-order chi connectivity index (χ1) is 6.10. The predicted molar refractivity (Wildman–Crippen MR) is 50.5 cm³/mol. The van der Waals surface area contributed by atoms with Gasteiger partial charge >= 0.3 is 0 Å². The second-order valence-electron chi connectivity index (χ2n) is 5.03. The van der Waals surface area contributed by atoms with Crippen molar-refractivity contribution in [3.8, 4) is 0 Å². The summed E-state index contributed by atoms with van der Waals surface area (Å²) in [5, 5.41) is 0. The number of carbonyl (C=O) groups is 1. The van der Waals surface area contributed by atoms with Gasteiger partial charge in [0.25, 0.3) is 0 Å². The van der Waals surface area contributed by atoms with Gasteiger partial charge in [0.15, 0.2) is 0 Å². The van der Waals surface area contributed by atoms with Crippen LogP contribution >= 0.6 is 0 Å². The quantitative estimate of drug-likeness (QED) is 0.625. The zero-order valence-electron chi connectivity index (χ0n) is 8.51. The predicted octanol–water partition coefficient (Wildman–Crippen LogP) is 2.17. The van der Waals surface area contributed by atoms with Gasteiger partial charge in [-0.1, -0.05) is 12.8 Å². The Morgan fingerprint density at radius 1 is 1.46 bits per heavy atom. The summed E-state index contributed by atoms with van der Waals surface area (Å²) in [4.78, 5) is 11.2. The summed E-state index contributed by atoms with van der Waals surface area (Å²) in [7, 11) is 0. The molecule has 2 rings (SSSR count). The zero-order valence-corrected chi connectivity index (χ0v) is 8.51. The van der Waals surface area contributed by atoms with E-state index in [4.69, 9.17) is 4.74 Å². The highest BCUT2D eigenvalue weighted by molar-refractivity contribution is 5.62. The minimum Gasteiger partial charge on any atom is -0.375 e. The van der Waals surface area contributed by atoms with E-state index < -0.39 is 0 Å². The number of hydrogen-bond donors (Lipinski definition) is 0. The summed E-state index contributed by atoms with van der Waals surface area (Å²) in [6.07, 6.45) is 5.74. The largest absolute Gasteiger partial charge is 0.375 e. The molecule has 0 bridgehead atoms. The molecule has 13 heavy (non-hydrogen) atoms. The van der Waals surface area contributed by atoms with Crippen LogP contribution in [0.15, 0.2) is 0 Å². The van der Waals surface area contributed by atoms with Crippen LogP contribution in [0.4, 0.5) is 0 Å². The van der Waals surface area contributed by atoms with Crippen LogP contribution in [0.5, 0.6) is 0 Å². The summed E-state index contributed by atoms with van der Waals surface area (Å²) < 4.78 is 5.64. The smallest absolute Gasteiger partial charge is 0.129 e. The molecule has 0 spiro atoms. The number of rotatable bonds is 3. The molecular formula is C11H18O2. The van der Waals surface area contributed by atoms with E-state index in [9.17, 15) is 4.79 Å². The molecule has 2 fully saturated rings. The lowest BCUT2D eigenvalue weighted by Crippen LogP contribution is -2.41. The zero-order chi connectivity index (χ0) is 9.53. The van der Waals surface area contributed by atoms with Crippen LogP contribution in [-0.4, -0.2) is 18.5 Å². The number of carbonyl (C=O) groups excluding carboxylic acids is 1. The van der Waals surface area contributed by atoms with E-state index in [1.165, 1.54) is 12.8 Å². The highest BCUT2D eigenvalue weighted by Gasteiger charge is 2.52. The molecule has 1 atom stereocenters. The fourth-order valence-electron chi connectivity index (χ4n) is 2.37. The van der Waals surface area contributed by atoms with Gasteiger partial charge in [-0.2, -0.15) is 0 Å². The van der Waals surface area contributed by atoms with Crippen molar-refractivity contribution in [2.24, 2.45) is 11.3 Å². The third-order valence-corrected chi connectivity index (χ3v) is 3.79. The third kappa shape index (κ3) is 1.41. The minimum atomic E-state index is -0.239. The van der Waals surface area contributed by atoms with Gasteiger partial charge in [-0.25, -0.2) is 0 Å². The summed E-state index contributed by atoms with van der Waals surface area (Å²) in [6.45, 7) is 4.85. The summed E-state index contributed by atoms with van der Waals surface area (Å²) in [6, 6.07) is 0. The topological polar surface area (TPSA) is 26.3 Å². The molecule has 0 radical (unpaired) electrons. The van der Waals surface area contributed by atoms with Crippen LogP contribution < -0.4 is 0 Å². The number of hydrogen-bond acceptors (Lipinski definition) is 2. The lowest BCUT2D eigenvalue weighted by atomic mass is 9.71. The molecule has 1 heterocycles. The molecule has 0 aromatic carbocycles. The Labute approximate surface area is 79.7 Å². The Morgan fingerprint density at radius 2 is 2.15 bits per heavy atom. The minimum absolute atomic E-state index is 0.186. The molecule has 0 aromatic rings. The second kappa shape index (κ2) is 2.81. The van der Waals surface area contributed by atoms with Gasteiger partial charge in [0, 0.05) is 6.61 Å². The fourth-order valence-corrected chi connectivity index (χ4v) is 2.37. The van der Waals surface area contributed by atoms with Crippen LogP contribution in [0.1, 0.15) is 39.5 Å². The summed E-state index contributed by atoms with van der Waals surface area (Å²) in [5.41, 5.74) is -0.425. The molecular weight excluding hydrogens is 164 g/mol. The molecule has 1 unspecified atom stereocenters. The van der Waals surface area contributed by atoms with E-state index in [0.717, 1.165) is 31.7 Å². The molecule has 0 aromatic heterocycles. The number of aldehydes is 1. The summed E-state index contributed by atoms with van der Waals surface area (Å²) >= 11 is 0. The maximum absolute atomic E-state index is 11.2. The highest BCUT2D eigenvalue weighted by Crippen LogP contribution is 2.50. The molecule has 1 aliphatic heterocycles. The Bertz CT molecular complexity index is 218. The van der Waals surface area contributed by atoms with E-state index >= 15 is 0 Å². The normalized spacial score (nSPS) is 37.7. The first-order valence-corrected chi connectivity index (χ1v) is 5.20. The Hall–Kier alpha value is -0.370. The SMILES string of the molecule is CC1(C)OCCC1(C=O)CC1CC1. The van der Waals surface area contributed by atoms with Crippen molar-refractivity contribution in [1.82, 2.24) is 0 Å². The third-order valence-electron chi connectivity index (χ3n) is 3.79. The molecule has 2 nitrogen and oxygen atoms in total. The van der Waals surface area contributed by atoms with Gasteiger partial charge in [-0.3, -0.25) is 0 Å². The van der Waals surface area contributed by atoms with E-state index in [-0.39, 0.29) is 11.0 Å². The van der Waals surface area contributed by atoms with E-state index in [1.54, 1.807) is 0 Å². The summed E-state index contributed by atoms with van der Waals surface area (Å²) in [5.74, 6) is 0.797. The maximum Gasteiger partial charge on any atom is 0.129 e. The number of ether oxygens (including phenoxy) is 1. The molecule has 1 saturated heterocycles. The van der Waals surface area contributed by atoms with Crippen LogP contribution in [0.3, 0.4) is 0 Å². The van der Waals surface area contributed by atoms with Crippen molar-refractivity contribution < 1.29 is 9.53 Å². The van der Waals surface area contributed by atoms with E-state index in [0.29, 0.717) is 0 Å². The molecule has 0 N–H and O–H groups in total. The molecule has 2 aliphatic rings. The van der Waals surface area contributed by atoms with Gasteiger partial charge in [0.2, 0.25) is 0 Å². The van der Waals surface area contributed by atoms with Gasteiger partial charge < -0.3 is 9.53 Å². The van der Waals surface area contributed by atoms with Crippen LogP contribution in [-0.2, 0) is 9.53 Å². The fraction of sp³-hybridized carbons (Fsp3) is 0.909. The van der Waals surface area contributed by atoms with Crippen LogP contribution in [0, 0.1) is 11.3 Å². The first kappa shape index (κ1) is 9.20. The van der Waals surface area contributed by atoms with Crippen molar-refractivity contribution in [2.75, 3.05) is 6.61 Å². The van der Waals surface area contributed by atoms with Gasteiger partial charge in [-0.15, -0.1) is 0 Å². The van der Waals surface area contributed by atoms with Crippen molar-refractivity contribution in [3.05, 3.63) is 0 Å².